The van der Waals surface area contributed by atoms with Crippen molar-refractivity contribution in [3.05, 3.63) is 47.9 Å². The van der Waals surface area contributed by atoms with Crippen molar-refractivity contribution in [2.75, 3.05) is 38.6 Å². The van der Waals surface area contributed by atoms with Crippen LogP contribution in [0, 0.1) is 6.92 Å². The SMILES string of the molecule is Cc1ccc(C(CNC(=O)CSc2nc3ccccc3o2)N2CCOCC2)o1. The van der Waals surface area contributed by atoms with E-state index in [1.165, 1.54) is 11.8 Å². The van der Waals surface area contributed by atoms with Gasteiger partial charge in [0.2, 0.25) is 5.91 Å². The molecule has 1 aliphatic heterocycles. The molecule has 28 heavy (non-hydrogen) atoms. The Morgan fingerprint density at radius 3 is 2.79 bits per heavy atom. The van der Waals surface area contributed by atoms with Gasteiger partial charge < -0.3 is 18.9 Å². The second-order valence-electron chi connectivity index (χ2n) is 6.65. The zero-order valence-corrected chi connectivity index (χ0v) is 16.5. The Balaban J connectivity index is 1.34. The van der Waals surface area contributed by atoms with E-state index >= 15 is 0 Å². The molecule has 148 valence electrons. The van der Waals surface area contributed by atoms with Crippen molar-refractivity contribution in [3.63, 3.8) is 0 Å². The Bertz CT molecular complexity index is 899. The van der Waals surface area contributed by atoms with Crippen molar-refractivity contribution >= 4 is 28.8 Å². The zero-order valence-electron chi connectivity index (χ0n) is 15.7. The van der Waals surface area contributed by atoms with E-state index in [0.717, 1.165) is 35.7 Å². The normalized spacial score (nSPS) is 16.3. The van der Waals surface area contributed by atoms with Gasteiger partial charge in [0.25, 0.3) is 5.22 Å². The molecule has 1 amide bonds. The maximum atomic E-state index is 12.4. The largest absolute Gasteiger partial charge is 0.465 e. The average Bonchev–Trinajstić information content (AvgIpc) is 3.33. The van der Waals surface area contributed by atoms with Crippen LogP contribution in [0.4, 0.5) is 0 Å². The lowest BCUT2D eigenvalue weighted by Crippen LogP contribution is -2.44. The molecule has 1 unspecified atom stereocenters. The smallest absolute Gasteiger partial charge is 0.257 e. The van der Waals surface area contributed by atoms with E-state index in [4.69, 9.17) is 13.6 Å². The van der Waals surface area contributed by atoms with Crippen molar-refractivity contribution in [1.29, 1.82) is 0 Å². The highest BCUT2D eigenvalue weighted by Crippen LogP contribution is 2.25. The number of rotatable bonds is 7. The van der Waals surface area contributed by atoms with Crippen LogP contribution in [0.25, 0.3) is 11.1 Å². The number of thioether (sulfide) groups is 1. The highest BCUT2D eigenvalue weighted by molar-refractivity contribution is 7.99. The number of hydrogen-bond donors (Lipinski definition) is 1. The van der Waals surface area contributed by atoms with Crippen molar-refractivity contribution in [1.82, 2.24) is 15.2 Å². The van der Waals surface area contributed by atoms with Gasteiger partial charge in [-0.3, -0.25) is 9.69 Å². The van der Waals surface area contributed by atoms with Crippen LogP contribution in [0.15, 0.2) is 50.5 Å². The number of oxazole rings is 1. The van der Waals surface area contributed by atoms with E-state index < -0.39 is 0 Å². The van der Waals surface area contributed by atoms with E-state index in [1.54, 1.807) is 0 Å². The third-order valence-corrected chi connectivity index (χ3v) is 5.50. The Morgan fingerprint density at radius 1 is 1.21 bits per heavy atom. The molecule has 1 fully saturated rings. The fourth-order valence-corrected chi connectivity index (χ4v) is 3.90. The molecule has 0 bridgehead atoms. The summed E-state index contributed by atoms with van der Waals surface area (Å²) < 4.78 is 16.9. The number of amides is 1. The molecule has 3 aromatic rings. The number of nitrogens with one attached hydrogen (secondary N) is 1. The Labute approximate surface area is 167 Å². The van der Waals surface area contributed by atoms with Crippen molar-refractivity contribution in [2.24, 2.45) is 0 Å². The van der Waals surface area contributed by atoms with Crippen LogP contribution >= 0.6 is 11.8 Å². The number of para-hydroxylation sites is 2. The number of ether oxygens (including phenoxy) is 1. The molecular weight excluding hydrogens is 378 g/mol. The van der Waals surface area contributed by atoms with Crippen molar-refractivity contribution < 1.29 is 18.4 Å². The molecule has 1 N–H and O–H groups in total. The fourth-order valence-electron chi connectivity index (χ4n) is 3.23. The third-order valence-electron chi connectivity index (χ3n) is 4.67. The van der Waals surface area contributed by atoms with E-state index in [1.807, 2.05) is 43.3 Å². The van der Waals surface area contributed by atoms with E-state index in [-0.39, 0.29) is 17.7 Å². The maximum Gasteiger partial charge on any atom is 0.257 e. The number of hydrogen-bond acceptors (Lipinski definition) is 7. The van der Waals surface area contributed by atoms with Crippen LogP contribution in [0.3, 0.4) is 0 Å². The second kappa shape index (κ2) is 8.81. The van der Waals surface area contributed by atoms with Gasteiger partial charge in [0.15, 0.2) is 5.58 Å². The zero-order chi connectivity index (χ0) is 19.3. The highest BCUT2D eigenvalue weighted by Gasteiger charge is 2.25. The number of benzene rings is 1. The molecule has 1 atom stereocenters. The monoisotopic (exact) mass is 401 g/mol. The molecule has 0 radical (unpaired) electrons. The number of aromatic nitrogens is 1. The van der Waals surface area contributed by atoms with Crippen LogP contribution in [0.2, 0.25) is 0 Å². The number of carbonyl (C=O) groups is 1. The summed E-state index contributed by atoms with van der Waals surface area (Å²) in [7, 11) is 0. The molecule has 0 aliphatic carbocycles. The lowest BCUT2D eigenvalue weighted by atomic mass is 10.1. The number of morpholine rings is 1. The minimum atomic E-state index is -0.0613. The first-order chi connectivity index (χ1) is 13.7. The number of aryl methyl sites for hydroxylation is 1. The Kier molecular flexibility index (Phi) is 5.99. The molecule has 7 nitrogen and oxygen atoms in total. The van der Waals surface area contributed by atoms with Gasteiger partial charge >= 0.3 is 0 Å². The number of furan rings is 1. The standard InChI is InChI=1S/C20H23N3O4S/c1-14-6-7-18(26-14)16(23-8-10-25-11-9-23)12-21-19(24)13-28-20-22-15-4-2-3-5-17(15)27-20/h2-7,16H,8-13H2,1H3,(H,21,24). The summed E-state index contributed by atoms with van der Waals surface area (Å²) >= 11 is 1.29. The Hall–Kier alpha value is -2.29. The molecule has 0 spiro atoms. The third kappa shape index (κ3) is 4.57. The first-order valence-electron chi connectivity index (χ1n) is 9.32. The average molecular weight is 401 g/mol. The molecule has 1 saturated heterocycles. The molecule has 1 aliphatic rings. The summed E-state index contributed by atoms with van der Waals surface area (Å²) in [6.45, 7) is 5.43. The maximum absolute atomic E-state index is 12.4. The first kappa shape index (κ1) is 19.0. The van der Waals surface area contributed by atoms with Gasteiger partial charge in [-0.2, -0.15) is 0 Å². The predicted molar refractivity (Wildman–Crippen MR) is 106 cm³/mol. The van der Waals surface area contributed by atoms with E-state index in [2.05, 4.69) is 15.2 Å². The summed E-state index contributed by atoms with van der Waals surface area (Å²) in [5, 5.41) is 3.52. The molecule has 0 saturated carbocycles. The van der Waals surface area contributed by atoms with Gasteiger partial charge in [-0.15, -0.1) is 0 Å². The topological polar surface area (TPSA) is 80.7 Å². The van der Waals surface area contributed by atoms with Crippen LogP contribution in [-0.2, 0) is 9.53 Å². The quantitative estimate of drug-likeness (QED) is 0.610. The molecule has 1 aromatic carbocycles. The second-order valence-corrected chi connectivity index (χ2v) is 7.58. The molecular formula is C20H23N3O4S. The van der Waals surface area contributed by atoms with Gasteiger partial charge in [-0.1, -0.05) is 23.9 Å². The highest BCUT2D eigenvalue weighted by atomic mass is 32.2. The van der Waals surface area contributed by atoms with Crippen LogP contribution in [-0.4, -0.2) is 54.4 Å². The van der Waals surface area contributed by atoms with Crippen LogP contribution in [0.5, 0.6) is 0 Å². The van der Waals surface area contributed by atoms with Gasteiger partial charge in [0.1, 0.15) is 17.0 Å². The predicted octanol–water partition coefficient (Wildman–Crippen LogP) is 3.01. The van der Waals surface area contributed by atoms with Crippen molar-refractivity contribution in [3.8, 4) is 0 Å². The summed E-state index contributed by atoms with van der Waals surface area (Å²) in [6, 6.07) is 11.5. The van der Waals surface area contributed by atoms with E-state index in [0.29, 0.717) is 25.0 Å². The minimum Gasteiger partial charge on any atom is -0.465 e. The lowest BCUT2D eigenvalue weighted by Gasteiger charge is -2.33. The minimum absolute atomic E-state index is 0.00382. The summed E-state index contributed by atoms with van der Waals surface area (Å²) in [4.78, 5) is 19.1. The van der Waals surface area contributed by atoms with Crippen LogP contribution < -0.4 is 5.32 Å². The summed E-state index contributed by atoms with van der Waals surface area (Å²) in [5.41, 5.74) is 1.52. The van der Waals surface area contributed by atoms with E-state index in [9.17, 15) is 4.79 Å². The molecule has 4 rings (SSSR count). The fraction of sp³-hybridized carbons (Fsp3) is 0.400. The Morgan fingerprint density at radius 2 is 2.04 bits per heavy atom. The van der Waals surface area contributed by atoms with Gasteiger partial charge in [-0.25, -0.2) is 4.98 Å². The first-order valence-corrected chi connectivity index (χ1v) is 10.3. The number of fused-ring (bicyclic) bond motifs is 1. The van der Waals surface area contributed by atoms with Crippen molar-refractivity contribution in [2.45, 2.75) is 18.2 Å². The molecule has 8 heteroatoms. The lowest BCUT2D eigenvalue weighted by molar-refractivity contribution is -0.119. The number of nitrogens with zero attached hydrogens (tertiary/aromatic N) is 2. The van der Waals surface area contributed by atoms with Gasteiger partial charge in [0.05, 0.1) is 25.0 Å². The van der Waals surface area contributed by atoms with Crippen LogP contribution in [0.1, 0.15) is 17.6 Å². The van der Waals surface area contributed by atoms with Gasteiger partial charge in [0, 0.05) is 19.6 Å². The molecule has 2 aromatic heterocycles. The molecule has 3 heterocycles. The summed E-state index contributed by atoms with van der Waals surface area (Å²) in [5.74, 6) is 1.92. The van der Waals surface area contributed by atoms with Gasteiger partial charge in [-0.05, 0) is 31.2 Å². The summed E-state index contributed by atoms with van der Waals surface area (Å²) in [6.07, 6.45) is 0. The number of carbonyl (C=O) groups excluding carboxylic acids is 1.